The third-order valence-corrected chi connectivity index (χ3v) is 6.28. The van der Waals surface area contributed by atoms with Gasteiger partial charge in [-0.05, 0) is 36.4 Å². The molecule has 1 atom stereocenters. The molecular formula is C24H19NO4S. The zero-order valence-electron chi connectivity index (χ0n) is 15.9. The van der Waals surface area contributed by atoms with Crippen LogP contribution in [-0.2, 0) is 11.3 Å². The van der Waals surface area contributed by atoms with Crippen LogP contribution in [0.2, 0.25) is 0 Å². The quantitative estimate of drug-likeness (QED) is 0.481. The number of aliphatic hydroxyl groups excluding tert-OH is 1. The lowest BCUT2D eigenvalue weighted by molar-refractivity contribution is -0.122. The largest absolute Gasteiger partial charge is 0.466 e. The number of thiophene rings is 1. The molecule has 0 fully saturated rings. The Morgan fingerprint density at radius 3 is 2.33 bits per heavy atom. The predicted molar refractivity (Wildman–Crippen MR) is 114 cm³/mol. The monoisotopic (exact) mass is 417 g/mol. The number of carbonyl (C=O) groups is 1. The Hall–Kier alpha value is -3.35. The molecule has 1 aliphatic heterocycles. The Morgan fingerprint density at radius 2 is 1.67 bits per heavy atom. The number of fused-ring (bicyclic) bond motifs is 2. The summed E-state index contributed by atoms with van der Waals surface area (Å²) in [6.45, 7) is 0.385. The molecule has 0 saturated carbocycles. The zero-order chi connectivity index (χ0) is 20.5. The third kappa shape index (κ3) is 3.40. The number of hydrogen-bond acceptors (Lipinski definition) is 5. The molecule has 1 aliphatic rings. The van der Waals surface area contributed by atoms with Crippen molar-refractivity contribution >= 4 is 17.2 Å². The highest BCUT2D eigenvalue weighted by Crippen LogP contribution is 2.44. The Balaban J connectivity index is 1.34. The lowest BCUT2D eigenvalue weighted by atomic mass is 9.87. The molecule has 0 spiro atoms. The van der Waals surface area contributed by atoms with Gasteiger partial charge in [-0.2, -0.15) is 0 Å². The highest BCUT2D eigenvalue weighted by Gasteiger charge is 2.32. The van der Waals surface area contributed by atoms with Crippen molar-refractivity contribution in [3.63, 3.8) is 0 Å². The number of para-hydroxylation sites is 2. The summed E-state index contributed by atoms with van der Waals surface area (Å²) in [5.41, 5.74) is 1.71. The van der Waals surface area contributed by atoms with Gasteiger partial charge in [-0.3, -0.25) is 4.79 Å². The molecular weight excluding hydrogens is 398 g/mol. The molecule has 5 rings (SSSR count). The van der Waals surface area contributed by atoms with E-state index in [9.17, 15) is 9.90 Å². The minimum Gasteiger partial charge on any atom is -0.466 e. The molecule has 3 heterocycles. The highest BCUT2D eigenvalue weighted by atomic mass is 32.1. The van der Waals surface area contributed by atoms with E-state index in [1.54, 1.807) is 12.1 Å². The summed E-state index contributed by atoms with van der Waals surface area (Å²) in [4.78, 5) is 14.9. The first-order valence-corrected chi connectivity index (χ1v) is 10.5. The van der Waals surface area contributed by atoms with E-state index >= 15 is 0 Å². The van der Waals surface area contributed by atoms with Crippen LogP contribution in [0.3, 0.4) is 0 Å². The van der Waals surface area contributed by atoms with Crippen LogP contribution in [0.15, 0.2) is 83.5 Å². The molecule has 0 bridgehead atoms. The maximum absolute atomic E-state index is 13.2. The molecule has 5 nitrogen and oxygen atoms in total. The van der Waals surface area contributed by atoms with Crippen molar-refractivity contribution in [2.24, 2.45) is 0 Å². The van der Waals surface area contributed by atoms with Gasteiger partial charge >= 0.3 is 0 Å². The number of benzene rings is 2. The molecule has 0 aliphatic carbocycles. The number of hydrogen-bond donors (Lipinski definition) is 2. The van der Waals surface area contributed by atoms with Crippen molar-refractivity contribution in [1.82, 2.24) is 5.32 Å². The molecule has 2 aromatic heterocycles. The van der Waals surface area contributed by atoms with Crippen molar-refractivity contribution in [3.05, 3.63) is 106 Å². The molecule has 0 saturated heterocycles. The number of ether oxygens (including phenoxy) is 1. The fraction of sp³-hybridized carbons (Fsp3) is 0.125. The lowest BCUT2D eigenvalue weighted by Gasteiger charge is -2.27. The first kappa shape index (κ1) is 18.7. The van der Waals surface area contributed by atoms with E-state index in [4.69, 9.17) is 9.15 Å². The van der Waals surface area contributed by atoms with Crippen LogP contribution in [0.4, 0.5) is 0 Å². The number of rotatable bonds is 5. The third-order valence-electron chi connectivity index (χ3n) is 5.14. The SMILES string of the molecule is O=C(NCc1ccc(C(O)c2ccco2)s1)C1c2ccccc2Oc2ccccc21. The second-order valence-corrected chi connectivity index (χ2v) is 8.25. The molecule has 2 aromatic carbocycles. The Morgan fingerprint density at radius 1 is 0.967 bits per heavy atom. The van der Waals surface area contributed by atoms with Gasteiger partial charge in [-0.25, -0.2) is 0 Å². The molecule has 4 aromatic rings. The first-order chi connectivity index (χ1) is 14.7. The van der Waals surface area contributed by atoms with Crippen molar-refractivity contribution in [2.45, 2.75) is 18.6 Å². The number of furan rings is 1. The molecule has 1 unspecified atom stereocenters. The van der Waals surface area contributed by atoms with Gasteiger partial charge in [0, 0.05) is 20.9 Å². The predicted octanol–water partition coefficient (Wildman–Crippen LogP) is 4.98. The topological polar surface area (TPSA) is 71.7 Å². The van der Waals surface area contributed by atoms with Crippen molar-refractivity contribution < 1.29 is 19.1 Å². The minimum absolute atomic E-state index is 0.0836. The standard InChI is InChI=1S/C24H19NO4S/c26-23(20-10-5-13-28-20)21-12-11-15(30-21)14-25-24(27)22-16-6-1-3-8-18(16)29-19-9-4-2-7-17(19)22/h1-13,22-23,26H,14H2,(H,25,27). The van der Waals surface area contributed by atoms with Crippen LogP contribution in [0.25, 0.3) is 0 Å². The van der Waals surface area contributed by atoms with E-state index in [-0.39, 0.29) is 5.91 Å². The van der Waals surface area contributed by atoms with Crippen molar-refractivity contribution in [3.8, 4) is 11.5 Å². The van der Waals surface area contributed by atoms with E-state index < -0.39 is 12.0 Å². The van der Waals surface area contributed by atoms with Crippen LogP contribution in [0.1, 0.15) is 38.7 Å². The van der Waals surface area contributed by atoms with E-state index in [1.165, 1.54) is 17.6 Å². The first-order valence-electron chi connectivity index (χ1n) is 9.64. The normalized spacial score (nSPS) is 13.8. The maximum Gasteiger partial charge on any atom is 0.232 e. The van der Waals surface area contributed by atoms with E-state index in [0.29, 0.717) is 23.8 Å². The van der Waals surface area contributed by atoms with Gasteiger partial charge in [0.05, 0.1) is 18.7 Å². The molecule has 150 valence electrons. The van der Waals surface area contributed by atoms with E-state index in [1.807, 2.05) is 60.7 Å². The average Bonchev–Trinajstić information content (AvgIpc) is 3.48. The summed E-state index contributed by atoms with van der Waals surface area (Å²) in [6, 6.07) is 22.5. The zero-order valence-corrected chi connectivity index (χ0v) is 16.8. The molecule has 0 radical (unpaired) electrons. The summed E-state index contributed by atoms with van der Waals surface area (Å²) in [5.74, 6) is 1.40. The second-order valence-electron chi connectivity index (χ2n) is 7.05. The van der Waals surface area contributed by atoms with Crippen LogP contribution >= 0.6 is 11.3 Å². The van der Waals surface area contributed by atoms with Crippen LogP contribution < -0.4 is 10.1 Å². The number of amides is 1. The minimum atomic E-state index is -0.802. The number of carbonyl (C=O) groups excluding carboxylic acids is 1. The van der Waals surface area contributed by atoms with E-state index in [2.05, 4.69) is 5.32 Å². The smallest absolute Gasteiger partial charge is 0.232 e. The van der Waals surface area contributed by atoms with Crippen LogP contribution in [0, 0.1) is 0 Å². The molecule has 6 heteroatoms. The Kier molecular flexibility index (Phi) is 4.86. The summed E-state index contributed by atoms with van der Waals surface area (Å²) < 4.78 is 11.2. The summed E-state index contributed by atoms with van der Waals surface area (Å²) in [6.07, 6.45) is 0.736. The van der Waals surface area contributed by atoms with Gasteiger partial charge in [0.1, 0.15) is 23.4 Å². The number of nitrogens with one attached hydrogen (secondary N) is 1. The van der Waals surface area contributed by atoms with Gasteiger partial charge in [0.15, 0.2) is 0 Å². The summed E-state index contributed by atoms with van der Waals surface area (Å²) in [7, 11) is 0. The van der Waals surface area contributed by atoms with Gasteiger partial charge in [-0.1, -0.05) is 36.4 Å². The van der Waals surface area contributed by atoms with Crippen LogP contribution in [-0.4, -0.2) is 11.0 Å². The fourth-order valence-corrected chi connectivity index (χ4v) is 4.64. The van der Waals surface area contributed by atoms with Gasteiger partial charge in [0.25, 0.3) is 0 Å². The van der Waals surface area contributed by atoms with Crippen LogP contribution in [0.5, 0.6) is 11.5 Å². The average molecular weight is 417 g/mol. The molecule has 1 amide bonds. The van der Waals surface area contributed by atoms with E-state index in [0.717, 1.165) is 20.9 Å². The van der Waals surface area contributed by atoms with Crippen molar-refractivity contribution in [2.75, 3.05) is 0 Å². The number of aliphatic hydroxyl groups is 1. The van der Waals surface area contributed by atoms with Gasteiger partial charge in [0.2, 0.25) is 5.91 Å². The van der Waals surface area contributed by atoms with Gasteiger partial charge < -0.3 is 19.6 Å². The second kappa shape index (κ2) is 7.82. The lowest BCUT2D eigenvalue weighted by Crippen LogP contribution is -2.31. The summed E-state index contributed by atoms with van der Waals surface area (Å²) >= 11 is 1.45. The molecule has 30 heavy (non-hydrogen) atoms. The maximum atomic E-state index is 13.2. The van der Waals surface area contributed by atoms with Gasteiger partial charge in [-0.15, -0.1) is 11.3 Å². The Bertz CT molecular complexity index is 1140. The molecule has 2 N–H and O–H groups in total. The fourth-order valence-electron chi connectivity index (χ4n) is 3.69. The summed E-state index contributed by atoms with van der Waals surface area (Å²) in [5, 5.41) is 13.5. The van der Waals surface area contributed by atoms with Crippen molar-refractivity contribution in [1.29, 1.82) is 0 Å². The Labute approximate surface area is 177 Å². The highest BCUT2D eigenvalue weighted by molar-refractivity contribution is 7.12.